The van der Waals surface area contributed by atoms with E-state index in [1.165, 1.54) is 32.1 Å². The highest BCUT2D eigenvalue weighted by Crippen LogP contribution is 2.41. The molecule has 2 amide bonds. The zero-order valence-corrected chi connectivity index (χ0v) is 16.1. The molecule has 3 saturated heterocycles. The van der Waals surface area contributed by atoms with Crippen LogP contribution in [0.15, 0.2) is 0 Å². The predicted octanol–water partition coefficient (Wildman–Crippen LogP) is 2.83. The largest absolute Gasteiger partial charge is 0.381 e. The molecule has 4 aliphatic rings. The van der Waals surface area contributed by atoms with Gasteiger partial charge in [-0.25, -0.2) is 0 Å². The fourth-order valence-electron chi connectivity index (χ4n) is 5.65. The summed E-state index contributed by atoms with van der Waals surface area (Å²) in [5, 5.41) is 0. The minimum absolute atomic E-state index is 0.107. The summed E-state index contributed by atoms with van der Waals surface area (Å²) < 4.78 is 5.39. The van der Waals surface area contributed by atoms with Crippen LogP contribution in [0.5, 0.6) is 0 Å². The smallest absolute Gasteiger partial charge is 0.230 e. The van der Waals surface area contributed by atoms with Crippen LogP contribution in [0.25, 0.3) is 0 Å². The number of piperidine rings is 1. The third kappa shape index (κ3) is 3.64. The lowest BCUT2D eigenvalue weighted by Crippen LogP contribution is -2.52. The molecule has 0 aromatic carbocycles. The van der Waals surface area contributed by atoms with E-state index in [4.69, 9.17) is 4.74 Å². The topological polar surface area (TPSA) is 49.9 Å². The van der Waals surface area contributed by atoms with Gasteiger partial charge in [0.2, 0.25) is 11.8 Å². The molecular weight excluding hydrogens is 328 g/mol. The van der Waals surface area contributed by atoms with Crippen LogP contribution in [-0.4, -0.2) is 61.0 Å². The van der Waals surface area contributed by atoms with Gasteiger partial charge in [-0.3, -0.25) is 9.59 Å². The lowest BCUT2D eigenvalue weighted by atomic mass is 9.77. The van der Waals surface area contributed by atoms with Crippen molar-refractivity contribution in [2.75, 3.05) is 39.4 Å². The molecule has 1 spiro atoms. The summed E-state index contributed by atoms with van der Waals surface area (Å²) in [6, 6.07) is 0. The molecule has 4 fully saturated rings. The van der Waals surface area contributed by atoms with E-state index in [1.54, 1.807) is 0 Å². The predicted molar refractivity (Wildman–Crippen MR) is 99.6 cm³/mol. The Morgan fingerprint density at radius 3 is 2.54 bits per heavy atom. The van der Waals surface area contributed by atoms with Gasteiger partial charge in [-0.2, -0.15) is 0 Å². The number of carbonyl (C=O) groups excluding carboxylic acids is 2. The van der Waals surface area contributed by atoms with Gasteiger partial charge >= 0.3 is 0 Å². The average molecular weight is 363 g/mol. The van der Waals surface area contributed by atoms with Crippen LogP contribution in [0, 0.1) is 17.3 Å². The molecule has 1 unspecified atom stereocenters. The first kappa shape index (κ1) is 18.3. The number of ether oxygens (including phenoxy) is 1. The van der Waals surface area contributed by atoms with Crippen molar-refractivity contribution in [3.05, 3.63) is 0 Å². The average Bonchev–Trinajstić information content (AvgIpc) is 3.12. The van der Waals surface area contributed by atoms with E-state index in [2.05, 4.69) is 4.90 Å². The van der Waals surface area contributed by atoms with Gasteiger partial charge < -0.3 is 14.5 Å². The second-order valence-electron chi connectivity index (χ2n) is 9.04. The lowest BCUT2D eigenvalue weighted by molar-refractivity contribution is -0.147. The molecule has 146 valence electrons. The first-order valence-electron chi connectivity index (χ1n) is 10.8. The van der Waals surface area contributed by atoms with Crippen LogP contribution in [-0.2, 0) is 14.3 Å². The summed E-state index contributed by atoms with van der Waals surface area (Å²) in [6.45, 7) is 4.69. The Bertz CT molecular complexity index is 525. The maximum absolute atomic E-state index is 13.3. The molecule has 0 radical (unpaired) electrons. The van der Waals surface area contributed by atoms with Gasteiger partial charge in [-0.1, -0.05) is 19.3 Å². The first-order chi connectivity index (χ1) is 12.7. The molecular formula is C21H34N2O3. The van der Waals surface area contributed by atoms with Crippen LogP contribution in [0.3, 0.4) is 0 Å². The van der Waals surface area contributed by atoms with E-state index >= 15 is 0 Å². The maximum Gasteiger partial charge on any atom is 0.230 e. The van der Waals surface area contributed by atoms with Crippen LogP contribution < -0.4 is 0 Å². The fraction of sp³-hybridized carbons (Fsp3) is 0.905. The molecule has 1 saturated carbocycles. The minimum Gasteiger partial charge on any atom is -0.381 e. The van der Waals surface area contributed by atoms with Crippen molar-refractivity contribution in [3.8, 4) is 0 Å². The van der Waals surface area contributed by atoms with Gasteiger partial charge in [0.1, 0.15) is 0 Å². The quantitative estimate of drug-likeness (QED) is 0.776. The maximum atomic E-state index is 13.3. The monoisotopic (exact) mass is 362 g/mol. The van der Waals surface area contributed by atoms with Crippen LogP contribution in [0.4, 0.5) is 0 Å². The second kappa shape index (κ2) is 7.87. The molecule has 0 N–H and O–H groups in total. The molecule has 0 bridgehead atoms. The highest BCUT2D eigenvalue weighted by Gasteiger charge is 2.50. The van der Waals surface area contributed by atoms with E-state index in [-0.39, 0.29) is 17.2 Å². The third-order valence-electron chi connectivity index (χ3n) is 7.26. The summed E-state index contributed by atoms with van der Waals surface area (Å²) >= 11 is 0. The Morgan fingerprint density at radius 2 is 1.77 bits per heavy atom. The fourth-order valence-corrected chi connectivity index (χ4v) is 5.65. The summed E-state index contributed by atoms with van der Waals surface area (Å²) in [5.74, 6) is 1.42. The van der Waals surface area contributed by atoms with Crippen molar-refractivity contribution in [2.45, 2.75) is 64.2 Å². The second-order valence-corrected chi connectivity index (χ2v) is 9.04. The standard InChI is InChI=1S/C21H34N2O3/c24-19(18-7-13-26-14-8-18)23-12-10-21(16-23)9-4-11-22(20(21)25)15-17-5-2-1-3-6-17/h17-18H,1-16H2. The Hall–Kier alpha value is -1.10. The van der Waals surface area contributed by atoms with Gasteiger partial charge in [0, 0.05) is 45.3 Å². The van der Waals surface area contributed by atoms with Crippen LogP contribution >= 0.6 is 0 Å². The van der Waals surface area contributed by atoms with E-state index < -0.39 is 0 Å². The van der Waals surface area contributed by atoms with Gasteiger partial charge in [-0.15, -0.1) is 0 Å². The number of hydrogen-bond acceptors (Lipinski definition) is 3. The Kier molecular flexibility index (Phi) is 5.53. The van der Waals surface area contributed by atoms with Gasteiger partial charge in [0.05, 0.1) is 5.41 Å². The van der Waals surface area contributed by atoms with E-state index in [1.807, 2.05) is 4.90 Å². The minimum atomic E-state index is -0.284. The zero-order valence-electron chi connectivity index (χ0n) is 16.1. The Morgan fingerprint density at radius 1 is 1.00 bits per heavy atom. The summed E-state index contributed by atoms with van der Waals surface area (Å²) in [7, 11) is 0. The van der Waals surface area contributed by atoms with Crippen molar-refractivity contribution in [1.29, 1.82) is 0 Å². The van der Waals surface area contributed by atoms with Crippen LogP contribution in [0.2, 0.25) is 0 Å². The highest BCUT2D eigenvalue weighted by atomic mass is 16.5. The van der Waals surface area contributed by atoms with Gasteiger partial charge in [-0.05, 0) is 50.9 Å². The number of likely N-dealkylation sites (tertiary alicyclic amines) is 2. The van der Waals surface area contributed by atoms with Gasteiger partial charge in [0.25, 0.3) is 0 Å². The highest BCUT2D eigenvalue weighted by molar-refractivity contribution is 5.86. The zero-order chi connectivity index (χ0) is 18.0. The summed E-state index contributed by atoms with van der Waals surface area (Å²) in [5.41, 5.74) is -0.284. The third-order valence-corrected chi connectivity index (χ3v) is 7.26. The summed E-state index contributed by atoms with van der Waals surface area (Å²) in [6.07, 6.45) is 11.2. The SMILES string of the molecule is O=C(C1CCOCC1)N1CCC2(CCCN(CC3CCCCC3)C2=O)C1. The van der Waals surface area contributed by atoms with Crippen molar-refractivity contribution in [2.24, 2.45) is 17.3 Å². The molecule has 1 aliphatic carbocycles. The van der Waals surface area contributed by atoms with E-state index in [9.17, 15) is 9.59 Å². The molecule has 1 atom stereocenters. The van der Waals surface area contributed by atoms with Gasteiger partial charge in [0.15, 0.2) is 0 Å². The Balaban J connectivity index is 1.38. The number of amides is 2. The normalized spacial score (nSPS) is 31.8. The first-order valence-corrected chi connectivity index (χ1v) is 10.8. The molecule has 5 heteroatoms. The molecule has 3 heterocycles. The number of nitrogens with zero attached hydrogens (tertiary/aromatic N) is 2. The molecule has 4 rings (SSSR count). The summed E-state index contributed by atoms with van der Waals surface area (Å²) in [4.78, 5) is 30.4. The molecule has 26 heavy (non-hydrogen) atoms. The number of rotatable bonds is 3. The van der Waals surface area contributed by atoms with Crippen molar-refractivity contribution in [3.63, 3.8) is 0 Å². The molecule has 0 aromatic rings. The lowest BCUT2D eigenvalue weighted by Gasteiger charge is -2.41. The van der Waals surface area contributed by atoms with Crippen LogP contribution in [0.1, 0.15) is 64.2 Å². The number of carbonyl (C=O) groups is 2. The molecule has 3 aliphatic heterocycles. The Labute approximate surface area is 157 Å². The molecule has 0 aromatic heterocycles. The molecule has 5 nitrogen and oxygen atoms in total. The van der Waals surface area contributed by atoms with E-state index in [0.29, 0.717) is 31.6 Å². The number of hydrogen-bond donors (Lipinski definition) is 0. The van der Waals surface area contributed by atoms with Crippen molar-refractivity contribution >= 4 is 11.8 Å². The van der Waals surface area contributed by atoms with Crippen molar-refractivity contribution < 1.29 is 14.3 Å². The van der Waals surface area contributed by atoms with E-state index in [0.717, 1.165) is 51.7 Å². The van der Waals surface area contributed by atoms with Crippen molar-refractivity contribution in [1.82, 2.24) is 9.80 Å².